The normalized spacial score (nSPS) is 16.6. The van der Waals surface area contributed by atoms with Gasteiger partial charge in [-0.1, -0.05) is 18.2 Å². The van der Waals surface area contributed by atoms with Gasteiger partial charge in [-0.15, -0.1) is 0 Å². The van der Waals surface area contributed by atoms with Crippen LogP contribution in [0.5, 0.6) is 0 Å². The molecule has 1 saturated heterocycles. The Balaban J connectivity index is 1.83. The minimum absolute atomic E-state index is 0.0523. The van der Waals surface area contributed by atoms with Crippen molar-refractivity contribution in [1.29, 1.82) is 0 Å². The molecular formula is C21H24F2N2O5S. The number of pyridine rings is 1. The molecule has 7 nitrogen and oxygen atoms in total. The van der Waals surface area contributed by atoms with E-state index in [1.165, 1.54) is 23.8 Å². The highest BCUT2D eigenvalue weighted by atomic mass is 32.2. The van der Waals surface area contributed by atoms with E-state index in [0.29, 0.717) is 16.8 Å². The molecule has 1 aliphatic heterocycles. The summed E-state index contributed by atoms with van der Waals surface area (Å²) in [5.74, 6) is -3.72. The van der Waals surface area contributed by atoms with Crippen molar-refractivity contribution in [3.05, 3.63) is 48.2 Å². The van der Waals surface area contributed by atoms with E-state index < -0.39 is 26.4 Å². The average molecular weight is 454 g/mol. The quantitative estimate of drug-likeness (QED) is 0.492. The predicted octanol–water partition coefficient (Wildman–Crippen LogP) is 3.16. The zero-order valence-corrected chi connectivity index (χ0v) is 17.8. The molecule has 1 amide bonds. The molecule has 2 N–H and O–H groups in total. The lowest BCUT2D eigenvalue weighted by molar-refractivity contribution is -0.134. The number of hydrogen-bond donors (Lipinski definition) is 2. The van der Waals surface area contributed by atoms with E-state index in [1.807, 2.05) is 0 Å². The lowest BCUT2D eigenvalue weighted by Gasteiger charge is -2.34. The highest BCUT2D eigenvalue weighted by Gasteiger charge is 2.52. The second-order valence-corrected chi connectivity index (χ2v) is 9.96. The SMILES string of the molecule is CC(F)(F)CCc1ccc(-c2ccc(S(=O)(=O)C3(C(=O)NO)CCOCC3)cc2)nc1. The standard InChI is InChI=1S/C21H24F2N2O5S/c1-20(22,23)9-8-15-2-7-18(24-14-15)16-3-5-17(6-4-16)31(28,29)21(19(26)25-27)10-12-30-13-11-21/h2-7,14,27H,8-13H2,1H3,(H,25,26). The Labute approximate surface area is 179 Å². The third-order valence-corrected chi connectivity index (χ3v) is 7.98. The van der Waals surface area contributed by atoms with E-state index in [4.69, 9.17) is 9.94 Å². The number of nitrogens with zero attached hydrogens (tertiary/aromatic N) is 1. The van der Waals surface area contributed by atoms with Gasteiger partial charge in [-0.05, 0) is 49.9 Å². The second-order valence-electron chi connectivity index (χ2n) is 7.70. The smallest absolute Gasteiger partial charge is 0.265 e. The summed E-state index contributed by atoms with van der Waals surface area (Å²) in [5, 5.41) is 9.11. The summed E-state index contributed by atoms with van der Waals surface area (Å²) in [5.41, 5.74) is 3.36. The molecule has 168 valence electrons. The number of hydroxylamine groups is 1. The van der Waals surface area contributed by atoms with Gasteiger partial charge in [-0.3, -0.25) is 15.0 Å². The van der Waals surface area contributed by atoms with Gasteiger partial charge in [0.15, 0.2) is 14.6 Å². The van der Waals surface area contributed by atoms with Crippen LogP contribution in [0.15, 0.2) is 47.5 Å². The molecule has 10 heteroatoms. The van der Waals surface area contributed by atoms with Crippen molar-refractivity contribution in [1.82, 2.24) is 10.5 Å². The van der Waals surface area contributed by atoms with Crippen LogP contribution in [0.1, 0.15) is 31.7 Å². The van der Waals surface area contributed by atoms with Crippen LogP contribution in [0, 0.1) is 0 Å². The number of aromatic nitrogens is 1. The molecule has 2 aromatic rings. The topological polar surface area (TPSA) is 106 Å². The van der Waals surface area contributed by atoms with Crippen molar-refractivity contribution in [2.75, 3.05) is 13.2 Å². The number of carbonyl (C=O) groups is 1. The van der Waals surface area contributed by atoms with Crippen LogP contribution >= 0.6 is 0 Å². The number of alkyl halides is 2. The Morgan fingerprint density at radius 2 is 1.84 bits per heavy atom. The number of carbonyl (C=O) groups excluding carboxylic acids is 1. The summed E-state index contributed by atoms with van der Waals surface area (Å²) < 4.78 is 55.9. The largest absolute Gasteiger partial charge is 0.381 e. The molecule has 0 unspecified atom stereocenters. The molecule has 0 aliphatic carbocycles. The van der Waals surface area contributed by atoms with Crippen molar-refractivity contribution in [3.63, 3.8) is 0 Å². The first-order valence-electron chi connectivity index (χ1n) is 9.79. The van der Waals surface area contributed by atoms with Crippen LogP contribution < -0.4 is 5.48 Å². The van der Waals surface area contributed by atoms with Crippen LogP contribution in [0.2, 0.25) is 0 Å². The molecule has 0 saturated carbocycles. The Morgan fingerprint density at radius 1 is 1.19 bits per heavy atom. The number of ether oxygens (including phenoxy) is 1. The van der Waals surface area contributed by atoms with E-state index in [1.54, 1.807) is 24.3 Å². The first-order chi connectivity index (χ1) is 14.6. The minimum Gasteiger partial charge on any atom is -0.381 e. The average Bonchev–Trinajstić information content (AvgIpc) is 2.77. The van der Waals surface area contributed by atoms with Gasteiger partial charge in [0.25, 0.3) is 5.91 Å². The van der Waals surface area contributed by atoms with E-state index in [2.05, 4.69) is 4.98 Å². The summed E-state index contributed by atoms with van der Waals surface area (Å²) in [4.78, 5) is 16.5. The summed E-state index contributed by atoms with van der Waals surface area (Å²) in [6.07, 6.45) is 1.32. The molecule has 1 aromatic carbocycles. The van der Waals surface area contributed by atoms with Crippen molar-refractivity contribution in [2.24, 2.45) is 0 Å². The molecule has 0 atom stereocenters. The Hall–Kier alpha value is -2.43. The van der Waals surface area contributed by atoms with Crippen LogP contribution in [-0.4, -0.2) is 48.4 Å². The Bertz CT molecular complexity index is 1010. The second kappa shape index (κ2) is 8.97. The minimum atomic E-state index is -4.11. The molecular weight excluding hydrogens is 430 g/mol. The summed E-state index contributed by atoms with van der Waals surface area (Å²) in [7, 11) is -4.11. The van der Waals surface area contributed by atoms with Crippen LogP contribution in [-0.2, 0) is 25.8 Å². The highest BCUT2D eigenvalue weighted by molar-refractivity contribution is 7.93. The maximum atomic E-state index is 13.3. The molecule has 31 heavy (non-hydrogen) atoms. The number of benzene rings is 1. The van der Waals surface area contributed by atoms with Gasteiger partial charge in [-0.25, -0.2) is 22.7 Å². The third-order valence-electron chi connectivity index (χ3n) is 5.47. The van der Waals surface area contributed by atoms with E-state index >= 15 is 0 Å². The van der Waals surface area contributed by atoms with Crippen LogP contribution in [0.3, 0.4) is 0 Å². The van der Waals surface area contributed by atoms with Crippen molar-refractivity contribution < 1.29 is 31.9 Å². The molecule has 0 radical (unpaired) electrons. The number of nitrogens with one attached hydrogen (secondary N) is 1. The molecule has 1 aliphatic rings. The summed E-state index contributed by atoms with van der Waals surface area (Å²) >= 11 is 0. The number of aryl methyl sites for hydroxylation is 1. The van der Waals surface area contributed by atoms with Crippen molar-refractivity contribution in [2.45, 2.75) is 48.2 Å². The van der Waals surface area contributed by atoms with E-state index in [-0.39, 0.29) is 43.8 Å². The molecule has 2 heterocycles. The molecule has 0 bridgehead atoms. The fourth-order valence-electron chi connectivity index (χ4n) is 3.56. The zero-order chi connectivity index (χ0) is 22.7. The highest BCUT2D eigenvalue weighted by Crippen LogP contribution is 2.36. The fraction of sp³-hybridized carbons (Fsp3) is 0.429. The van der Waals surface area contributed by atoms with Crippen LogP contribution in [0.25, 0.3) is 11.3 Å². The molecule has 0 spiro atoms. The maximum Gasteiger partial charge on any atom is 0.265 e. The van der Waals surface area contributed by atoms with Gasteiger partial charge in [0.1, 0.15) is 0 Å². The van der Waals surface area contributed by atoms with Gasteiger partial charge in [0, 0.05) is 31.4 Å². The van der Waals surface area contributed by atoms with E-state index in [0.717, 1.165) is 6.92 Å². The van der Waals surface area contributed by atoms with Crippen molar-refractivity contribution in [3.8, 4) is 11.3 Å². The first-order valence-corrected chi connectivity index (χ1v) is 11.3. The summed E-state index contributed by atoms with van der Waals surface area (Å²) in [6, 6.07) is 9.31. The molecule has 1 fully saturated rings. The van der Waals surface area contributed by atoms with E-state index in [9.17, 15) is 22.0 Å². The maximum absolute atomic E-state index is 13.3. The Kier molecular flexibility index (Phi) is 6.73. The number of amides is 1. The van der Waals surface area contributed by atoms with Gasteiger partial charge < -0.3 is 4.74 Å². The summed E-state index contributed by atoms with van der Waals surface area (Å²) in [6.45, 7) is 1.05. The molecule has 3 rings (SSSR count). The number of halogens is 2. The van der Waals surface area contributed by atoms with Gasteiger partial charge in [-0.2, -0.15) is 0 Å². The molecule has 1 aromatic heterocycles. The lowest BCUT2D eigenvalue weighted by Crippen LogP contribution is -2.54. The first kappa shape index (κ1) is 23.2. The van der Waals surface area contributed by atoms with Crippen LogP contribution in [0.4, 0.5) is 8.78 Å². The van der Waals surface area contributed by atoms with Gasteiger partial charge in [0.05, 0.1) is 10.6 Å². The number of rotatable bonds is 7. The predicted molar refractivity (Wildman–Crippen MR) is 109 cm³/mol. The van der Waals surface area contributed by atoms with Crippen molar-refractivity contribution >= 4 is 15.7 Å². The lowest BCUT2D eigenvalue weighted by atomic mass is 9.98. The number of hydrogen-bond acceptors (Lipinski definition) is 6. The van der Waals surface area contributed by atoms with Gasteiger partial charge >= 0.3 is 0 Å². The fourth-order valence-corrected chi connectivity index (χ4v) is 5.50. The number of sulfone groups is 1. The Morgan fingerprint density at radius 3 is 2.35 bits per heavy atom. The third kappa shape index (κ3) is 4.91. The zero-order valence-electron chi connectivity index (χ0n) is 17.0. The van der Waals surface area contributed by atoms with Gasteiger partial charge in [0.2, 0.25) is 5.92 Å². The monoisotopic (exact) mass is 454 g/mol.